The third kappa shape index (κ3) is 3.83. The molecule has 0 spiro atoms. The Balaban J connectivity index is 2.53. The van der Waals surface area contributed by atoms with Gasteiger partial charge in [-0.15, -0.1) is 0 Å². The molecule has 1 saturated carbocycles. The Bertz CT molecular complexity index is 321. The summed E-state index contributed by atoms with van der Waals surface area (Å²) in [5.41, 5.74) is 5.28. The van der Waals surface area contributed by atoms with E-state index in [1.54, 1.807) is 0 Å². The second-order valence-corrected chi connectivity index (χ2v) is 4.40. The molecule has 0 aromatic rings. The summed E-state index contributed by atoms with van der Waals surface area (Å²) in [4.78, 5) is 11.7. The second-order valence-electron chi connectivity index (χ2n) is 4.40. The number of nitrogens with zero attached hydrogens (tertiary/aromatic N) is 1. The highest BCUT2D eigenvalue weighted by atomic mass is 19.3. The molecule has 1 amide bonds. The zero-order chi connectivity index (χ0) is 13.1. The smallest absolute Gasteiger partial charge is 0.248 e. The van der Waals surface area contributed by atoms with Crippen LogP contribution < -0.4 is 11.1 Å². The Morgan fingerprint density at radius 1 is 1.65 bits per heavy atom. The molecule has 1 aliphatic rings. The number of nitrogens with two attached hydrogens (primary N) is 1. The molecule has 0 saturated heterocycles. The predicted molar refractivity (Wildman–Crippen MR) is 57.9 cm³/mol. The number of amides is 1. The lowest BCUT2D eigenvalue weighted by Gasteiger charge is -2.28. The van der Waals surface area contributed by atoms with Crippen molar-refractivity contribution in [2.45, 2.75) is 44.6 Å². The summed E-state index contributed by atoms with van der Waals surface area (Å²) < 4.78 is 26.2. The number of hydrogen-bond acceptors (Lipinski definition) is 3. The van der Waals surface area contributed by atoms with Crippen LogP contribution in [0.25, 0.3) is 0 Å². The van der Waals surface area contributed by atoms with Gasteiger partial charge in [0.1, 0.15) is 0 Å². The van der Waals surface area contributed by atoms with Crippen LogP contribution in [0, 0.1) is 5.92 Å². The Kier molecular flexibility index (Phi) is 4.25. The standard InChI is InChI=1S/C10H17F2N3O2/c1-6(8(13)15-17)14-9(16)7-3-2-4-10(11,12)5-7/h6-7,17H,2-5H2,1H3,(H2,13,15)(H,14,16). The van der Waals surface area contributed by atoms with Gasteiger partial charge >= 0.3 is 0 Å². The molecule has 1 aliphatic carbocycles. The lowest BCUT2D eigenvalue weighted by molar-refractivity contribution is -0.132. The number of nitrogens with one attached hydrogen (secondary N) is 1. The molecular weight excluding hydrogens is 232 g/mol. The van der Waals surface area contributed by atoms with Gasteiger partial charge in [0, 0.05) is 18.8 Å². The van der Waals surface area contributed by atoms with Gasteiger partial charge in [0.2, 0.25) is 11.8 Å². The maximum Gasteiger partial charge on any atom is 0.248 e. The topological polar surface area (TPSA) is 87.7 Å². The van der Waals surface area contributed by atoms with E-state index in [9.17, 15) is 13.6 Å². The molecule has 0 aliphatic heterocycles. The fourth-order valence-corrected chi connectivity index (χ4v) is 1.89. The van der Waals surface area contributed by atoms with Crippen LogP contribution in [-0.4, -0.2) is 28.9 Å². The molecule has 17 heavy (non-hydrogen) atoms. The molecule has 0 aromatic carbocycles. The first kappa shape index (κ1) is 13.7. The van der Waals surface area contributed by atoms with E-state index in [0.29, 0.717) is 12.8 Å². The molecule has 1 fully saturated rings. The van der Waals surface area contributed by atoms with Crippen LogP contribution in [0.4, 0.5) is 8.78 Å². The maximum atomic E-state index is 13.1. The van der Waals surface area contributed by atoms with Gasteiger partial charge in [0.05, 0.1) is 6.04 Å². The number of alkyl halides is 2. The number of amidine groups is 1. The van der Waals surface area contributed by atoms with Crippen LogP contribution in [0.2, 0.25) is 0 Å². The first-order chi connectivity index (χ1) is 7.85. The van der Waals surface area contributed by atoms with Crippen molar-refractivity contribution in [2.75, 3.05) is 0 Å². The summed E-state index contributed by atoms with van der Waals surface area (Å²) in [7, 11) is 0. The van der Waals surface area contributed by atoms with Gasteiger partial charge in [-0.05, 0) is 19.8 Å². The van der Waals surface area contributed by atoms with Crippen LogP contribution in [0.15, 0.2) is 5.16 Å². The Morgan fingerprint density at radius 3 is 2.82 bits per heavy atom. The van der Waals surface area contributed by atoms with Crippen molar-refractivity contribution in [3.8, 4) is 0 Å². The van der Waals surface area contributed by atoms with Gasteiger partial charge in [0.25, 0.3) is 0 Å². The lowest BCUT2D eigenvalue weighted by atomic mass is 9.86. The minimum Gasteiger partial charge on any atom is -0.409 e. The number of rotatable bonds is 3. The molecule has 1 rings (SSSR count). The van der Waals surface area contributed by atoms with Crippen molar-refractivity contribution in [3.63, 3.8) is 0 Å². The van der Waals surface area contributed by atoms with Crippen LogP contribution in [0.1, 0.15) is 32.6 Å². The highest BCUT2D eigenvalue weighted by Gasteiger charge is 2.39. The van der Waals surface area contributed by atoms with E-state index >= 15 is 0 Å². The number of hydrogen-bond donors (Lipinski definition) is 3. The van der Waals surface area contributed by atoms with Gasteiger partial charge in [0.15, 0.2) is 5.84 Å². The fraction of sp³-hybridized carbons (Fsp3) is 0.800. The molecule has 4 N–H and O–H groups in total. The summed E-state index contributed by atoms with van der Waals surface area (Å²) >= 11 is 0. The third-order valence-corrected chi connectivity index (χ3v) is 2.93. The van der Waals surface area contributed by atoms with Gasteiger partial charge in [-0.3, -0.25) is 4.79 Å². The van der Waals surface area contributed by atoms with Crippen molar-refractivity contribution in [3.05, 3.63) is 0 Å². The molecular formula is C10H17F2N3O2. The summed E-state index contributed by atoms with van der Waals surface area (Å²) in [6.07, 6.45) is 0.196. The molecule has 98 valence electrons. The summed E-state index contributed by atoms with van der Waals surface area (Å²) in [5.74, 6) is -4.09. The second kappa shape index (κ2) is 5.29. The quantitative estimate of drug-likeness (QED) is 0.302. The molecule has 0 bridgehead atoms. The Morgan fingerprint density at radius 2 is 2.29 bits per heavy atom. The van der Waals surface area contributed by atoms with E-state index in [1.807, 2.05) is 0 Å². The number of carbonyl (C=O) groups excluding carboxylic acids is 1. The average Bonchev–Trinajstić information content (AvgIpc) is 2.26. The first-order valence-corrected chi connectivity index (χ1v) is 5.51. The first-order valence-electron chi connectivity index (χ1n) is 5.51. The van der Waals surface area contributed by atoms with E-state index < -0.39 is 30.2 Å². The fourth-order valence-electron chi connectivity index (χ4n) is 1.89. The van der Waals surface area contributed by atoms with Crippen molar-refractivity contribution in [2.24, 2.45) is 16.8 Å². The minimum atomic E-state index is -2.76. The Hall–Kier alpha value is -1.40. The summed E-state index contributed by atoms with van der Waals surface area (Å²) in [6.45, 7) is 1.52. The molecule has 5 nitrogen and oxygen atoms in total. The van der Waals surface area contributed by atoms with Gasteiger partial charge < -0.3 is 16.3 Å². The van der Waals surface area contributed by atoms with Gasteiger partial charge in [-0.1, -0.05) is 5.16 Å². The van der Waals surface area contributed by atoms with E-state index in [0.717, 1.165) is 0 Å². The highest BCUT2D eigenvalue weighted by molar-refractivity contribution is 5.90. The zero-order valence-electron chi connectivity index (χ0n) is 9.62. The van der Waals surface area contributed by atoms with E-state index in [4.69, 9.17) is 10.9 Å². The molecule has 0 heterocycles. The summed E-state index contributed by atoms with van der Waals surface area (Å²) in [5, 5.41) is 13.6. The SMILES string of the molecule is CC(NC(=O)C1CCCC(F)(F)C1)C(N)=NO. The van der Waals surface area contributed by atoms with Crippen molar-refractivity contribution < 1.29 is 18.8 Å². The van der Waals surface area contributed by atoms with Gasteiger partial charge in [-0.25, -0.2) is 8.78 Å². The lowest BCUT2D eigenvalue weighted by Crippen LogP contribution is -2.46. The van der Waals surface area contributed by atoms with Crippen LogP contribution in [0.5, 0.6) is 0 Å². The molecule has 2 atom stereocenters. The number of oxime groups is 1. The van der Waals surface area contributed by atoms with Crippen molar-refractivity contribution in [1.82, 2.24) is 5.32 Å². The Labute approximate surface area is 98.0 Å². The highest BCUT2D eigenvalue weighted by Crippen LogP contribution is 2.36. The van der Waals surface area contributed by atoms with Gasteiger partial charge in [-0.2, -0.15) is 0 Å². The summed E-state index contributed by atoms with van der Waals surface area (Å²) in [6, 6.07) is -0.664. The zero-order valence-corrected chi connectivity index (χ0v) is 9.62. The molecule has 2 unspecified atom stereocenters. The van der Waals surface area contributed by atoms with Crippen LogP contribution >= 0.6 is 0 Å². The van der Waals surface area contributed by atoms with E-state index in [1.165, 1.54) is 6.92 Å². The minimum absolute atomic E-state index is 0.152. The largest absolute Gasteiger partial charge is 0.409 e. The normalized spacial score (nSPS) is 26.3. The average molecular weight is 249 g/mol. The number of carbonyl (C=O) groups is 1. The van der Waals surface area contributed by atoms with Crippen molar-refractivity contribution >= 4 is 11.7 Å². The van der Waals surface area contributed by atoms with Crippen molar-refractivity contribution in [1.29, 1.82) is 0 Å². The monoisotopic (exact) mass is 249 g/mol. The predicted octanol–water partition coefficient (Wildman–Crippen LogP) is 1.06. The molecule has 0 radical (unpaired) electrons. The van der Waals surface area contributed by atoms with E-state index in [-0.39, 0.29) is 12.3 Å². The molecule has 0 aromatic heterocycles. The van der Waals surface area contributed by atoms with Crippen LogP contribution in [0.3, 0.4) is 0 Å². The maximum absolute atomic E-state index is 13.1. The molecule has 7 heteroatoms. The van der Waals surface area contributed by atoms with Crippen LogP contribution in [-0.2, 0) is 4.79 Å². The number of halogens is 2. The third-order valence-electron chi connectivity index (χ3n) is 2.93. The van der Waals surface area contributed by atoms with E-state index in [2.05, 4.69) is 10.5 Å².